The van der Waals surface area contributed by atoms with Gasteiger partial charge in [-0.3, -0.25) is 4.79 Å². The smallest absolute Gasteiger partial charge is 0.333 e. The molecule has 0 fully saturated rings. The second-order valence-electron chi connectivity index (χ2n) is 3.12. The molecule has 0 unspecified atom stereocenters. The van der Waals surface area contributed by atoms with Crippen molar-refractivity contribution < 1.29 is 18.0 Å². The van der Waals surface area contributed by atoms with Crippen molar-refractivity contribution in [3.8, 4) is 0 Å². The van der Waals surface area contributed by atoms with Crippen LogP contribution in [0.3, 0.4) is 0 Å². The van der Waals surface area contributed by atoms with Gasteiger partial charge in [0.05, 0.1) is 5.56 Å². The van der Waals surface area contributed by atoms with Crippen LogP contribution in [0.25, 0.3) is 0 Å². The number of alkyl halides is 3. The highest BCUT2D eigenvalue weighted by molar-refractivity contribution is 9.10. The molecule has 1 aromatic rings. The standard InChI is InChI=1S/C9H8BrF3N2O/c1-15(5-9(11,12)13)8(16)6-3-2-4-14-7(6)10/h2-4H,5H2,1H3. The lowest BCUT2D eigenvalue weighted by atomic mass is 10.2. The number of hydrogen-bond donors (Lipinski definition) is 0. The lowest BCUT2D eigenvalue weighted by Gasteiger charge is -2.19. The number of amides is 1. The van der Waals surface area contributed by atoms with Crippen LogP contribution in [0.5, 0.6) is 0 Å². The molecule has 0 aliphatic carbocycles. The van der Waals surface area contributed by atoms with E-state index in [0.717, 1.165) is 7.05 Å². The Hall–Kier alpha value is -1.11. The summed E-state index contributed by atoms with van der Waals surface area (Å²) in [6.07, 6.45) is -2.97. The normalized spacial score (nSPS) is 11.3. The Morgan fingerprint density at radius 3 is 2.69 bits per heavy atom. The molecular weight excluding hydrogens is 289 g/mol. The first kappa shape index (κ1) is 13.0. The van der Waals surface area contributed by atoms with Gasteiger partial charge in [-0.05, 0) is 28.1 Å². The van der Waals surface area contributed by atoms with Gasteiger partial charge in [0.15, 0.2) is 0 Å². The maximum absolute atomic E-state index is 12.1. The number of rotatable bonds is 2. The Labute approximate surface area is 98.4 Å². The van der Waals surface area contributed by atoms with Crippen molar-refractivity contribution in [2.75, 3.05) is 13.6 Å². The van der Waals surface area contributed by atoms with Crippen LogP contribution >= 0.6 is 15.9 Å². The Balaban J connectivity index is 2.83. The molecule has 0 N–H and O–H groups in total. The van der Waals surface area contributed by atoms with Crippen LogP contribution in [0.4, 0.5) is 13.2 Å². The van der Waals surface area contributed by atoms with Gasteiger partial charge in [0.25, 0.3) is 5.91 Å². The van der Waals surface area contributed by atoms with E-state index in [1.54, 1.807) is 0 Å². The Bertz CT molecular complexity index is 395. The van der Waals surface area contributed by atoms with E-state index < -0.39 is 18.6 Å². The first-order valence-electron chi connectivity index (χ1n) is 4.24. The molecule has 3 nitrogen and oxygen atoms in total. The zero-order valence-electron chi connectivity index (χ0n) is 8.25. The third-order valence-corrected chi connectivity index (χ3v) is 2.38. The van der Waals surface area contributed by atoms with Crippen LogP contribution in [-0.4, -0.2) is 35.6 Å². The van der Waals surface area contributed by atoms with Gasteiger partial charge >= 0.3 is 6.18 Å². The highest BCUT2D eigenvalue weighted by Gasteiger charge is 2.31. The molecule has 0 atom stereocenters. The molecule has 0 bridgehead atoms. The van der Waals surface area contributed by atoms with Crippen LogP contribution in [0, 0.1) is 0 Å². The lowest BCUT2D eigenvalue weighted by Crippen LogP contribution is -2.36. The van der Waals surface area contributed by atoms with Gasteiger partial charge in [0, 0.05) is 13.2 Å². The van der Waals surface area contributed by atoms with E-state index in [-0.39, 0.29) is 10.2 Å². The summed E-state index contributed by atoms with van der Waals surface area (Å²) in [6, 6.07) is 2.89. The average Bonchev–Trinajstić information content (AvgIpc) is 2.15. The average molecular weight is 297 g/mol. The number of pyridine rings is 1. The van der Waals surface area contributed by atoms with Crippen molar-refractivity contribution in [1.82, 2.24) is 9.88 Å². The number of halogens is 4. The Kier molecular flexibility index (Phi) is 3.90. The summed E-state index contributed by atoms with van der Waals surface area (Å²) in [5.74, 6) is -0.725. The molecule has 1 rings (SSSR count). The minimum atomic E-state index is -4.40. The summed E-state index contributed by atoms with van der Waals surface area (Å²) in [6.45, 7) is -1.28. The summed E-state index contributed by atoms with van der Waals surface area (Å²) < 4.78 is 36.4. The molecule has 0 saturated carbocycles. The first-order chi connectivity index (χ1) is 7.31. The summed E-state index contributed by atoms with van der Waals surface area (Å²) in [5.41, 5.74) is 0.106. The predicted octanol–water partition coefficient (Wildman–Crippen LogP) is 2.48. The monoisotopic (exact) mass is 296 g/mol. The molecule has 88 valence electrons. The van der Waals surface area contributed by atoms with E-state index in [0.29, 0.717) is 4.90 Å². The minimum absolute atomic E-state index is 0.106. The SMILES string of the molecule is CN(CC(F)(F)F)C(=O)c1cccnc1Br. The fourth-order valence-electron chi connectivity index (χ4n) is 1.09. The van der Waals surface area contributed by atoms with Crippen LogP contribution in [0.15, 0.2) is 22.9 Å². The summed E-state index contributed by atoms with van der Waals surface area (Å²) >= 11 is 3.00. The fraction of sp³-hybridized carbons (Fsp3) is 0.333. The molecule has 0 aliphatic heterocycles. The second kappa shape index (κ2) is 4.82. The minimum Gasteiger partial charge on any atom is -0.333 e. The molecule has 0 saturated heterocycles. The molecule has 0 radical (unpaired) electrons. The van der Waals surface area contributed by atoms with Crippen molar-refractivity contribution in [2.24, 2.45) is 0 Å². The number of aromatic nitrogens is 1. The second-order valence-corrected chi connectivity index (χ2v) is 3.87. The Morgan fingerprint density at radius 1 is 1.56 bits per heavy atom. The maximum atomic E-state index is 12.1. The van der Waals surface area contributed by atoms with Gasteiger partial charge in [-0.25, -0.2) is 4.98 Å². The van der Waals surface area contributed by atoms with E-state index in [1.807, 2.05) is 0 Å². The molecular formula is C9H8BrF3N2O. The molecule has 0 spiro atoms. The van der Waals surface area contributed by atoms with Gasteiger partial charge in [-0.2, -0.15) is 13.2 Å². The van der Waals surface area contributed by atoms with E-state index in [1.165, 1.54) is 18.3 Å². The highest BCUT2D eigenvalue weighted by Crippen LogP contribution is 2.19. The van der Waals surface area contributed by atoms with Gasteiger partial charge in [-0.15, -0.1) is 0 Å². The third-order valence-electron chi connectivity index (χ3n) is 1.75. The Morgan fingerprint density at radius 2 is 2.19 bits per heavy atom. The molecule has 0 aliphatic rings. The van der Waals surface area contributed by atoms with Crippen LogP contribution < -0.4 is 0 Å². The summed E-state index contributed by atoms with van der Waals surface area (Å²) in [7, 11) is 1.09. The summed E-state index contributed by atoms with van der Waals surface area (Å²) in [4.78, 5) is 16.0. The zero-order valence-corrected chi connectivity index (χ0v) is 9.84. The molecule has 1 heterocycles. The van der Waals surface area contributed by atoms with Gasteiger partial charge in [0.1, 0.15) is 11.1 Å². The molecule has 16 heavy (non-hydrogen) atoms. The van der Waals surface area contributed by atoms with Crippen LogP contribution in [0.2, 0.25) is 0 Å². The number of nitrogens with zero attached hydrogens (tertiary/aromatic N) is 2. The predicted molar refractivity (Wildman–Crippen MR) is 55.0 cm³/mol. The van der Waals surface area contributed by atoms with Gasteiger partial charge in [-0.1, -0.05) is 0 Å². The van der Waals surface area contributed by atoms with Crippen molar-refractivity contribution in [2.45, 2.75) is 6.18 Å². The fourth-order valence-corrected chi connectivity index (χ4v) is 1.51. The first-order valence-corrected chi connectivity index (χ1v) is 5.03. The van der Waals surface area contributed by atoms with Gasteiger partial charge in [0.2, 0.25) is 0 Å². The summed E-state index contributed by atoms with van der Waals surface area (Å²) in [5, 5.41) is 0. The van der Waals surface area contributed by atoms with E-state index in [4.69, 9.17) is 0 Å². The number of carbonyl (C=O) groups excluding carboxylic acids is 1. The number of carbonyl (C=O) groups is 1. The van der Waals surface area contributed by atoms with Crippen molar-refractivity contribution in [3.63, 3.8) is 0 Å². The third kappa shape index (κ3) is 3.48. The maximum Gasteiger partial charge on any atom is 0.406 e. The lowest BCUT2D eigenvalue weighted by molar-refractivity contribution is -0.138. The molecule has 0 aromatic carbocycles. The largest absolute Gasteiger partial charge is 0.406 e. The quantitative estimate of drug-likeness (QED) is 0.786. The molecule has 7 heteroatoms. The topological polar surface area (TPSA) is 33.2 Å². The van der Waals surface area contributed by atoms with Crippen molar-refractivity contribution >= 4 is 21.8 Å². The van der Waals surface area contributed by atoms with Gasteiger partial charge < -0.3 is 4.90 Å². The van der Waals surface area contributed by atoms with Crippen LogP contribution in [-0.2, 0) is 0 Å². The van der Waals surface area contributed by atoms with E-state index in [9.17, 15) is 18.0 Å². The van der Waals surface area contributed by atoms with E-state index in [2.05, 4.69) is 20.9 Å². The van der Waals surface area contributed by atoms with E-state index >= 15 is 0 Å². The molecule has 1 aromatic heterocycles. The number of hydrogen-bond acceptors (Lipinski definition) is 2. The van der Waals surface area contributed by atoms with Crippen molar-refractivity contribution in [3.05, 3.63) is 28.5 Å². The van der Waals surface area contributed by atoms with Crippen LogP contribution in [0.1, 0.15) is 10.4 Å². The molecule has 1 amide bonds. The highest BCUT2D eigenvalue weighted by atomic mass is 79.9. The van der Waals surface area contributed by atoms with Crippen molar-refractivity contribution in [1.29, 1.82) is 0 Å². The zero-order chi connectivity index (χ0) is 12.3.